The summed E-state index contributed by atoms with van der Waals surface area (Å²) in [6.07, 6.45) is 4.34. The molecule has 33 heavy (non-hydrogen) atoms. The Hall–Kier alpha value is -4.07. The number of nitrogens with one attached hydrogen (secondary N) is 1. The summed E-state index contributed by atoms with van der Waals surface area (Å²) in [6, 6.07) is 13.6. The average Bonchev–Trinajstić information content (AvgIpc) is 3.45. The van der Waals surface area contributed by atoms with Crippen LogP contribution in [0, 0.1) is 5.82 Å². The number of nitrogens with zero attached hydrogens (tertiary/aromatic N) is 3. The van der Waals surface area contributed by atoms with E-state index in [-0.39, 0.29) is 17.6 Å². The monoisotopic (exact) mass is 445 g/mol. The SMILES string of the molecule is C=CC(=O)N1CC[C@H](c2cn(-c3ccc(Oc4cccc(F)c4)cc3)c3c2CNN=C3N)C1. The van der Waals surface area contributed by atoms with Crippen LogP contribution in [-0.4, -0.2) is 34.3 Å². The predicted molar refractivity (Wildman–Crippen MR) is 124 cm³/mol. The molecule has 2 aliphatic heterocycles. The van der Waals surface area contributed by atoms with E-state index in [0.717, 1.165) is 28.9 Å². The molecule has 8 heteroatoms. The molecule has 7 nitrogen and oxygen atoms in total. The van der Waals surface area contributed by atoms with Crippen LogP contribution in [0.2, 0.25) is 0 Å². The molecule has 0 spiro atoms. The molecule has 3 N–H and O–H groups in total. The van der Waals surface area contributed by atoms with Gasteiger partial charge in [-0.2, -0.15) is 5.10 Å². The zero-order chi connectivity index (χ0) is 22.9. The van der Waals surface area contributed by atoms with Gasteiger partial charge < -0.3 is 25.4 Å². The maximum Gasteiger partial charge on any atom is 0.245 e. The number of benzene rings is 2. The first-order valence-electron chi connectivity index (χ1n) is 10.8. The topological polar surface area (TPSA) is 84.9 Å². The number of amides is 1. The highest BCUT2D eigenvalue weighted by molar-refractivity contribution is 5.99. The molecular formula is C25H24FN5O2. The molecule has 2 aromatic carbocycles. The highest BCUT2D eigenvalue weighted by Gasteiger charge is 2.32. The molecule has 0 radical (unpaired) electrons. The molecule has 0 bridgehead atoms. The summed E-state index contributed by atoms with van der Waals surface area (Å²) in [4.78, 5) is 13.9. The lowest BCUT2D eigenvalue weighted by Gasteiger charge is -2.17. The number of halogens is 1. The summed E-state index contributed by atoms with van der Waals surface area (Å²) in [5, 5.41) is 4.22. The van der Waals surface area contributed by atoms with E-state index in [1.165, 1.54) is 18.2 Å². The minimum atomic E-state index is -0.348. The van der Waals surface area contributed by atoms with E-state index in [4.69, 9.17) is 10.5 Å². The first-order valence-corrected chi connectivity index (χ1v) is 10.8. The molecule has 168 valence electrons. The lowest BCUT2D eigenvalue weighted by atomic mass is 9.95. The summed E-state index contributed by atoms with van der Waals surface area (Å²) in [6.45, 7) is 5.53. The van der Waals surface area contributed by atoms with Crippen molar-refractivity contribution in [2.75, 3.05) is 13.1 Å². The lowest BCUT2D eigenvalue weighted by molar-refractivity contribution is -0.125. The van der Waals surface area contributed by atoms with Gasteiger partial charge in [0.25, 0.3) is 0 Å². The summed E-state index contributed by atoms with van der Waals surface area (Å²) in [5.41, 5.74) is 13.3. The Labute approximate surface area is 191 Å². The smallest absolute Gasteiger partial charge is 0.245 e. The van der Waals surface area contributed by atoms with Crippen molar-refractivity contribution >= 4 is 11.7 Å². The molecule has 0 aliphatic carbocycles. The summed E-state index contributed by atoms with van der Waals surface area (Å²) in [7, 11) is 0. The number of hydrazone groups is 1. The van der Waals surface area contributed by atoms with Crippen LogP contribution in [0.25, 0.3) is 5.69 Å². The average molecular weight is 445 g/mol. The number of rotatable bonds is 5. The Morgan fingerprint density at radius 3 is 2.82 bits per heavy atom. The normalized spacial score (nSPS) is 17.2. The van der Waals surface area contributed by atoms with Crippen LogP contribution in [0.15, 0.2) is 72.5 Å². The number of aromatic nitrogens is 1. The number of hydrogen-bond acceptors (Lipinski definition) is 5. The minimum Gasteiger partial charge on any atom is -0.457 e. The van der Waals surface area contributed by atoms with Gasteiger partial charge >= 0.3 is 0 Å². The van der Waals surface area contributed by atoms with E-state index in [1.54, 1.807) is 12.1 Å². The van der Waals surface area contributed by atoms with E-state index >= 15 is 0 Å². The molecule has 3 aromatic rings. The van der Waals surface area contributed by atoms with Crippen LogP contribution in [0.3, 0.4) is 0 Å². The first kappa shape index (κ1) is 20.8. The van der Waals surface area contributed by atoms with Crippen LogP contribution in [0.1, 0.15) is 29.2 Å². The zero-order valence-corrected chi connectivity index (χ0v) is 18.0. The second-order valence-electron chi connectivity index (χ2n) is 8.14. The Morgan fingerprint density at radius 2 is 2.06 bits per heavy atom. The van der Waals surface area contributed by atoms with Gasteiger partial charge in [-0.1, -0.05) is 12.6 Å². The Kier molecular flexibility index (Phi) is 5.34. The molecule has 5 rings (SSSR count). The van der Waals surface area contributed by atoms with Crippen molar-refractivity contribution in [2.45, 2.75) is 18.9 Å². The highest BCUT2D eigenvalue weighted by Crippen LogP contribution is 2.35. The molecule has 1 saturated heterocycles. The van der Waals surface area contributed by atoms with Gasteiger partial charge in [0.15, 0.2) is 5.84 Å². The van der Waals surface area contributed by atoms with Crippen LogP contribution in [0.4, 0.5) is 4.39 Å². The maximum atomic E-state index is 13.4. The third-order valence-corrected chi connectivity index (χ3v) is 6.10. The number of fused-ring (bicyclic) bond motifs is 1. The van der Waals surface area contributed by atoms with Crippen molar-refractivity contribution in [2.24, 2.45) is 10.8 Å². The summed E-state index contributed by atoms with van der Waals surface area (Å²) < 4.78 is 21.2. The molecule has 0 saturated carbocycles. The molecule has 1 atom stereocenters. The van der Waals surface area contributed by atoms with Gasteiger partial charge in [-0.3, -0.25) is 4.79 Å². The molecular weight excluding hydrogens is 421 g/mol. The van der Waals surface area contributed by atoms with Crippen molar-refractivity contribution in [3.8, 4) is 17.2 Å². The number of carbonyl (C=O) groups is 1. The number of hydrogen-bond donors (Lipinski definition) is 2. The molecule has 1 aromatic heterocycles. The van der Waals surface area contributed by atoms with Crippen LogP contribution in [0.5, 0.6) is 11.5 Å². The van der Waals surface area contributed by atoms with E-state index in [1.807, 2.05) is 33.7 Å². The summed E-state index contributed by atoms with van der Waals surface area (Å²) in [5.74, 6) is 1.28. The Balaban J connectivity index is 1.45. The van der Waals surface area contributed by atoms with Gasteiger partial charge in [-0.05, 0) is 54.5 Å². The standard InChI is InChI=1S/C25H24FN5O2/c1-2-23(32)30-11-10-16(14-30)22-15-31(24-21(22)13-28-29-25(24)27)18-6-8-19(9-7-18)33-20-5-3-4-17(26)12-20/h2-9,12,15-16,28H,1,10-11,13-14H2,(H2,27,29)/t16-/m0/s1. The fraction of sp³-hybridized carbons (Fsp3) is 0.200. The first-order chi connectivity index (χ1) is 16.0. The van der Waals surface area contributed by atoms with Gasteiger partial charge in [0.1, 0.15) is 17.3 Å². The van der Waals surface area contributed by atoms with Crippen molar-refractivity contribution < 1.29 is 13.9 Å². The van der Waals surface area contributed by atoms with Crippen LogP contribution >= 0.6 is 0 Å². The highest BCUT2D eigenvalue weighted by atomic mass is 19.1. The number of nitrogens with two attached hydrogens (primary N) is 1. The molecule has 1 fully saturated rings. The van der Waals surface area contributed by atoms with Gasteiger partial charge in [0.05, 0.1) is 12.2 Å². The van der Waals surface area contributed by atoms with Crippen molar-refractivity contribution in [1.82, 2.24) is 14.9 Å². The largest absolute Gasteiger partial charge is 0.457 e. The third kappa shape index (κ3) is 3.95. The summed E-state index contributed by atoms with van der Waals surface area (Å²) >= 11 is 0. The van der Waals surface area contributed by atoms with Gasteiger partial charge in [0.2, 0.25) is 5.91 Å². The fourth-order valence-electron chi connectivity index (χ4n) is 4.52. The van der Waals surface area contributed by atoms with Crippen LogP contribution in [-0.2, 0) is 11.3 Å². The quantitative estimate of drug-likeness (QED) is 0.588. The predicted octanol–water partition coefficient (Wildman–Crippen LogP) is 3.63. The fourth-order valence-corrected chi connectivity index (χ4v) is 4.52. The van der Waals surface area contributed by atoms with Gasteiger partial charge in [-0.25, -0.2) is 4.39 Å². The van der Waals surface area contributed by atoms with Gasteiger partial charge in [-0.15, -0.1) is 0 Å². The van der Waals surface area contributed by atoms with Crippen molar-refractivity contribution in [3.63, 3.8) is 0 Å². The molecule has 1 amide bonds. The van der Waals surface area contributed by atoms with E-state index in [9.17, 15) is 9.18 Å². The van der Waals surface area contributed by atoms with Crippen molar-refractivity contribution in [3.05, 3.63) is 90.0 Å². The van der Waals surface area contributed by atoms with Crippen molar-refractivity contribution in [1.29, 1.82) is 0 Å². The maximum absolute atomic E-state index is 13.4. The Morgan fingerprint density at radius 1 is 1.24 bits per heavy atom. The minimum absolute atomic E-state index is 0.0427. The number of ether oxygens (including phenoxy) is 1. The second kappa shape index (κ2) is 8.46. The number of amidine groups is 1. The van der Waals surface area contributed by atoms with E-state index in [2.05, 4.69) is 23.3 Å². The van der Waals surface area contributed by atoms with E-state index in [0.29, 0.717) is 37.0 Å². The lowest BCUT2D eigenvalue weighted by Crippen LogP contribution is -2.29. The Bertz CT molecular complexity index is 1250. The third-order valence-electron chi connectivity index (χ3n) is 6.10. The molecule has 0 unspecified atom stereocenters. The molecule has 2 aliphatic rings. The van der Waals surface area contributed by atoms with Crippen LogP contribution < -0.4 is 15.9 Å². The van der Waals surface area contributed by atoms with E-state index < -0.39 is 0 Å². The number of likely N-dealkylation sites (tertiary alicyclic amines) is 1. The molecule has 3 heterocycles. The zero-order valence-electron chi connectivity index (χ0n) is 18.0. The number of carbonyl (C=O) groups excluding carboxylic acids is 1. The second-order valence-corrected chi connectivity index (χ2v) is 8.14. The van der Waals surface area contributed by atoms with Gasteiger partial charge in [0, 0.05) is 42.5 Å².